The smallest absolute Gasteiger partial charge is 0.407 e. The van der Waals surface area contributed by atoms with Crippen molar-refractivity contribution in [3.63, 3.8) is 0 Å². The Morgan fingerprint density at radius 3 is 2.13 bits per heavy atom. The molecule has 0 aliphatic heterocycles. The highest BCUT2D eigenvalue weighted by Crippen LogP contribution is 2.44. The van der Waals surface area contributed by atoms with E-state index in [0.29, 0.717) is 0 Å². The number of aliphatic carboxylic acids is 1. The van der Waals surface area contributed by atoms with E-state index in [-0.39, 0.29) is 43.7 Å². The molecule has 1 aliphatic carbocycles. The van der Waals surface area contributed by atoms with Gasteiger partial charge in [-0.25, -0.2) is 4.79 Å². The van der Waals surface area contributed by atoms with Crippen molar-refractivity contribution in [2.75, 3.05) is 13.2 Å². The molecule has 0 spiro atoms. The van der Waals surface area contributed by atoms with Gasteiger partial charge in [-0.05, 0) is 28.2 Å². The lowest BCUT2D eigenvalue weighted by atomic mass is 9.98. The van der Waals surface area contributed by atoms with Crippen LogP contribution in [0.3, 0.4) is 0 Å². The number of fused-ring (bicyclic) bond motifs is 3. The van der Waals surface area contributed by atoms with E-state index < -0.39 is 18.1 Å². The third-order valence-electron chi connectivity index (χ3n) is 5.52. The number of hydrogen-bond acceptors (Lipinski definition) is 4. The summed E-state index contributed by atoms with van der Waals surface area (Å²) in [5.74, 6) is -1.31. The van der Waals surface area contributed by atoms with Crippen molar-refractivity contribution in [3.8, 4) is 11.1 Å². The fraction of sp³-hybridized carbons (Fsp3) is 0.375. The molecule has 3 N–H and O–H groups in total. The second-order valence-corrected chi connectivity index (χ2v) is 8.02. The second-order valence-electron chi connectivity index (χ2n) is 8.02. The molecule has 2 aromatic rings. The highest BCUT2D eigenvalue weighted by atomic mass is 16.5. The number of hydrogen-bond donors (Lipinski definition) is 3. The zero-order chi connectivity index (χ0) is 22.4. The van der Waals surface area contributed by atoms with Gasteiger partial charge < -0.3 is 20.5 Å². The number of amides is 2. The van der Waals surface area contributed by atoms with Crippen molar-refractivity contribution in [2.24, 2.45) is 5.92 Å². The summed E-state index contributed by atoms with van der Waals surface area (Å²) in [7, 11) is 0. The van der Waals surface area contributed by atoms with Crippen LogP contribution in [0.25, 0.3) is 11.1 Å². The first-order valence-corrected chi connectivity index (χ1v) is 10.5. The van der Waals surface area contributed by atoms with Crippen molar-refractivity contribution in [3.05, 3.63) is 59.7 Å². The molecular formula is C24H28N2O5. The van der Waals surface area contributed by atoms with Crippen molar-refractivity contribution < 1.29 is 24.2 Å². The number of carboxylic acid groups (broad SMARTS) is 1. The molecule has 31 heavy (non-hydrogen) atoms. The van der Waals surface area contributed by atoms with Gasteiger partial charge >= 0.3 is 12.1 Å². The molecule has 0 heterocycles. The van der Waals surface area contributed by atoms with E-state index in [9.17, 15) is 14.4 Å². The van der Waals surface area contributed by atoms with Crippen LogP contribution < -0.4 is 10.6 Å². The molecule has 164 valence electrons. The molecule has 0 fully saturated rings. The largest absolute Gasteiger partial charge is 0.481 e. The fourth-order valence-corrected chi connectivity index (χ4v) is 3.83. The summed E-state index contributed by atoms with van der Waals surface area (Å²) < 4.78 is 5.56. The SMILES string of the molecule is CC(C)[C@@H](CC(=O)NCCC(=O)O)NC(=O)OCC1c2ccccc2-c2ccccc21. The van der Waals surface area contributed by atoms with Crippen molar-refractivity contribution in [1.29, 1.82) is 0 Å². The number of rotatable bonds is 9. The minimum absolute atomic E-state index is 0.00528. The van der Waals surface area contributed by atoms with E-state index in [0.717, 1.165) is 22.3 Å². The number of carbonyl (C=O) groups excluding carboxylic acids is 2. The van der Waals surface area contributed by atoms with Gasteiger partial charge in [0.25, 0.3) is 0 Å². The van der Waals surface area contributed by atoms with Gasteiger partial charge in [0.05, 0.1) is 6.42 Å². The van der Waals surface area contributed by atoms with Crippen molar-refractivity contribution >= 4 is 18.0 Å². The van der Waals surface area contributed by atoms with Gasteiger partial charge in [-0.2, -0.15) is 0 Å². The average Bonchev–Trinajstić information content (AvgIpc) is 3.05. The van der Waals surface area contributed by atoms with E-state index in [1.807, 2.05) is 38.1 Å². The molecule has 0 saturated heterocycles. The van der Waals surface area contributed by atoms with Gasteiger partial charge in [-0.1, -0.05) is 62.4 Å². The quantitative estimate of drug-likeness (QED) is 0.571. The maximum absolute atomic E-state index is 12.5. The third-order valence-corrected chi connectivity index (χ3v) is 5.52. The predicted octanol–water partition coefficient (Wildman–Crippen LogP) is 3.53. The summed E-state index contributed by atoms with van der Waals surface area (Å²) >= 11 is 0. The van der Waals surface area contributed by atoms with Crippen LogP contribution in [-0.2, 0) is 14.3 Å². The van der Waals surface area contributed by atoms with E-state index in [1.165, 1.54) is 0 Å². The van der Waals surface area contributed by atoms with Gasteiger partial charge in [-0.15, -0.1) is 0 Å². The topological polar surface area (TPSA) is 105 Å². The fourth-order valence-electron chi connectivity index (χ4n) is 3.83. The Bertz CT molecular complexity index is 911. The van der Waals surface area contributed by atoms with Crippen molar-refractivity contribution in [1.82, 2.24) is 10.6 Å². The Labute approximate surface area is 181 Å². The van der Waals surface area contributed by atoms with Crippen LogP contribution in [0, 0.1) is 5.92 Å². The number of nitrogens with one attached hydrogen (secondary N) is 2. The molecule has 2 aromatic carbocycles. The minimum Gasteiger partial charge on any atom is -0.481 e. The summed E-state index contributed by atoms with van der Waals surface area (Å²) in [6, 6.07) is 15.8. The van der Waals surface area contributed by atoms with E-state index in [1.54, 1.807) is 0 Å². The Morgan fingerprint density at radius 1 is 1.00 bits per heavy atom. The predicted molar refractivity (Wildman–Crippen MR) is 117 cm³/mol. The Morgan fingerprint density at radius 2 is 1.58 bits per heavy atom. The van der Waals surface area contributed by atoms with Crippen LogP contribution in [0.15, 0.2) is 48.5 Å². The van der Waals surface area contributed by atoms with Crippen LogP contribution in [-0.4, -0.2) is 42.3 Å². The van der Waals surface area contributed by atoms with E-state index in [4.69, 9.17) is 9.84 Å². The molecule has 7 heteroatoms. The maximum Gasteiger partial charge on any atom is 0.407 e. The van der Waals surface area contributed by atoms with Crippen LogP contribution in [0.5, 0.6) is 0 Å². The van der Waals surface area contributed by atoms with Crippen LogP contribution in [0.2, 0.25) is 0 Å². The number of ether oxygens (including phenoxy) is 1. The molecule has 7 nitrogen and oxygen atoms in total. The van der Waals surface area contributed by atoms with Gasteiger partial charge in [0, 0.05) is 24.9 Å². The van der Waals surface area contributed by atoms with Gasteiger partial charge in [0.15, 0.2) is 0 Å². The standard InChI is InChI=1S/C24H28N2O5/c1-15(2)21(13-22(27)25-12-11-23(28)29)26-24(30)31-14-20-18-9-5-3-7-16(18)17-8-4-6-10-19(17)20/h3-10,15,20-21H,11-14H2,1-2H3,(H,25,27)(H,26,30)(H,28,29)/t21-/m1/s1. The normalized spacial score (nSPS) is 13.3. The summed E-state index contributed by atoms with van der Waals surface area (Å²) in [4.78, 5) is 35.1. The van der Waals surface area contributed by atoms with Crippen LogP contribution in [0.1, 0.15) is 43.7 Å². The van der Waals surface area contributed by atoms with Crippen LogP contribution in [0.4, 0.5) is 4.79 Å². The zero-order valence-electron chi connectivity index (χ0n) is 17.8. The number of benzene rings is 2. The maximum atomic E-state index is 12.5. The third kappa shape index (κ3) is 5.63. The molecule has 0 saturated carbocycles. The lowest BCUT2D eigenvalue weighted by Crippen LogP contribution is -2.43. The molecule has 0 unspecified atom stereocenters. The second kappa shape index (κ2) is 10.1. The first kappa shape index (κ1) is 22.3. The molecule has 2 amide bonds. The lowest BCUT2D eigenvalue weighted by molar-refractivity contribution is -0.136. The Kier molecular flexibility index (Phi) is 7.28. The zero-order valence-corrected chi connectivity index (χ0v) is 17.8. The summed E-state index contributed by atoms with van der Waals surface area (Å²) in [5.41, 5.74) is 4.58. The molecule has 0 radical (unpaired) electrons. The number of carboxylic acids is 1. The molecule has 1 atom stereocenters. The summed E-state index contributed by atoms with van der Waals surface area (Å²) in [5, 5.41) is 14.0. The lowest BCUT2D eigenvalue weighted by Gasteiger charge is -2.22. The van der Waals surface area contributed by atoms with Gasteiger partial charge in [0.1, 0.15) is 6.61 Å². The van der Waals surface area contributed by atoms with Crippen LogP contribution >= 0.6 is 0 Å². The van der Waals surface area contributed by atoms with E-state index in [2.05, 4.69) is 34.9 Å². The number of alkyl carbamates (subject to hydrolysis) is 1. The molecule has 3 rings (SSSR count). The Hall–Kier alpha value is -3.35. The number of carbonyl (C=O) groups is 3. The minimum atomic E-state index is -0.975. The summed E-state index contributed by atoms with van der Waals surface area (Å²) in [6.45, 7) is 4.07. The summed E-state index contributed by atoms with van der Waals surface area (Å²) in [6.07, 6.45) is -0.654. The highest BCUT2D eigenvalue weighted by Gasteiger charge is 2.29. The molecular weight excluding hydrogens is 396 g/mol. The highest BCUT2D eigenvalue weighted by molar-refractivity contribution is 5.80. The molecule has 0 aromatic heterocycles. The van der Waals surface area contributed by atoms with Gasteiger partial charge in [-0.3, -0.25) is 9.59 Å². The first-order chi connectivity index (χ1) is 14.9. The Balaban J connectivity index is 1.57. The monoisotopic (exact) mass is 424 g/mol. The molecule has 1 aliphatic rings. The molecule has 0 bridgehead atoms. The van der Waals surface area contributed by atoms with E-state index >= 15 is 0 Å². The van der Waals surface area contributed by atoms with Crippen molar-refractivity contribution in [2.45, 2.75) is 38.6 Å². The average molecular weight is 424 g/mol. The van der Waals surface area contributed by atoms with Gasteiger partial charge in [0.2, 0.25) is 5.91 Å². The first-order valence-electron chi connectivity index (χ1n) is 10.5.